The molecule has 3 aliphatic carbocycles. The molecular formula is C13H19ClO. The Kier molecular flexibility index (Phi) is 2.35. The van der Waals surface area contributed by atoms with Gasteiger partial charge >= 0.3 is 0 Å². The van der Waals surface area contributed by atoms with Crippen LogP contribution >= 0.6 is 11.6 Å². The van der Waals surface area contributed by atoms with E-state index in [1.54, 1.807) is 0 Å². The first-order valence-corrected chi connectivity index (χ1v) is 6.82. The van der Waals surface area contributed by atoms with Crippen LogP contribution in [0.2, 0.25) is 0 Å². The van der Waals surface area contributed by atoms with Gasteiger partial charge in [0.15, 0.2) is 0 Å². The fourth-order valence-electron chi connectivity index (χ4n) is 4.19. The van der Waals surface area contributed by atoms with Crippen LogP contribution in [0, 0.1) is 17.8 Å². The fraction of sp³-hybridized carbons (Fsp3) is 0.923. The van der Waals surface area contributed by atoms with Gasteiger partial charge in [0.25, 0.3) is 0 Å². The van der Waals surface area contributed by atoms with Gasteiger partial charge in [0.2, 0.25) is 0 Å². The van der Waals surface area contributed by atoms with Crippen LogP contribution in [0.3, 0.4) is 0 Å². The Hall–Kier alpha value is -0.0400. The van der Waals surface area contributed by atoms with Gasteiger partial charge in [-0.1, -0.05) is 19.3 Å². The monoisotopic (exact) mass is 226 g/mol. The van der Waals surface area contributed by atoms with Crippen molar-refractivity contribution in [2.75, 3.05) is 0 Å². The van der Waals surface area contributed by atoms with Crippen LogP contribution in [0.1, 0.15) is 51.4 Å². The van der Waals surface area contributed by atoms with Crippen molar-refractivity contribution in [2.24, 2.45) is 17.8 Å². The molecule has 0 aromatic rings. The highest BCUT2D eigenvalue weighted by Crippen LogP contribution is 2.55. The fourth-order valence-corrected chi connectivity index (χ4v) is 4.74. The van der Waals surface area contributed by atoms with Crippen LogP contribution in [-0.2, 0) is 4.79 Å². The first kappa shape index (κ1) is 10.1. The number of alkyl halides is 1. The molecule has 0 aliphatic heterocycles. The Morgan fingerprint density at radius 2 is 2.00 bits per heavy atom. The molecule has 0 heterocycles. The standard InChI is InChI=1S/C13H19ClO/c14-13-7-2-1-5-10(13)8-9-4-3-6-11(13)12(9)15/h9-11H,1-8H2/t9-,10-,11-,13+/m0/s1. The highest BCUT2D eigenvalue weighted by Gasteiger charge is 2.54. The van der Waals surface area contributed by atoms with E-state index in [2.05, 4.69) is 0 Å². The highest BCUT2D eigenvalue weighted by molar-refractivity contribution is 6.26. The molecule has 0 N–H and O–H groups in total. The molecule has 3 aliphatic rings. The van der Waals surface area contributed by atoms with Gasteiger partial charge in [0.1, 0.15) is 5.78 Å². The van der Waals surface area contributed by atoms with Crippen LogP contribution in [0.5, 0.6) is 0 Å². The Labute approximate surface area is 96.6 Å². The first-order valence-electron chi connectivity index (χ1n) is 6.44. The summed E-state index contributed by atoms with van der Waals surface area (Å²) in [5.74, 6) is 1.73. The van der Waals surface area contributed by atoms with E-state index in [9.17, 15) is 4.79 Å². The summed E-state index contributed by atoms with van der Waals surface area (Å²) in [5, 5.41) is 0. The Morgan fingerprint density at radius 3 is 2.87 bits per heavy atom. The maximum Gasteiger partial charge on any atom is 0.140 e. The maximum atomic E-state index is 12.2. The van der Waals surface area contributed by atoms with Crippen LogP contribution in [0.4, 0.5) is 0 Å². The molecule has 4 atom stereocenters. The molecule has 2 bridgehead atoms. The third kappa shape index (κ3) is 1.39. The molecule has 3 rings (SSSR count). The van der Waals surface area contributed by atoms with Gasteiger partial charge in [-0.05, 0) is 38.0 Å². The topological polar surface area (TPSA) is 17.1 Å². The number of hydrogen-bond acceptors (Lipinski definition) is 1. The zero-order valence-corrected chi connectivity index (χ0v) is 9.93. The van der Waals surface area contributed by atoms with Gasteiger partial charge in [0.05, 0.1) is 4.87 Å². The molecule has 3 saturated carbocycles. The summed E-state index contributed by atoms with van der Waals surface area (Å²) in [7, 11) is 0. The minimum absolute atomic E-state index is 0.133. The Balaban J connectivity index is 1.94. The summed E-state index contributed by atoms with van der Waals surface area (Å²) in [6, 6.07) is 0. The summed E-state index contributed by atoms with van der Waals surface area (Å²) < 4.78 is 0. The summed E-state index contributed by atoms with van der Waals surface area (Å²) in [5.41, 5.74) is 0. The minimum atomic E-state index is -0.133. The molecule has 0 aromatic heterocycles. The van der Waals surface area contributed by atoms with Gasteiger partial charge in [-0.3, -0.25) is 4.79 Å². The van der Waals surface area contributed by atoms with E-state index in [1.807, 2.05) is 0 Å². The van der Waals surface area contributed by atoms with Crippen LogP contribution < -0.4 is 0 Å². The van der Waals surface area contributed by atoms with Crippen molar-refractivity contribution in [1.82, 2.24) is 0 Å². The quantitative estimate of drug-likeness (QED) is 0.578. The van der Waals surface area contributed by atoms with Crippen molar-refractivity contribution < 1.29 is 4.79 Å². The van der Waals surface area contributed by atoms with Gasteiger partial charge in [-0.25, -0.2) is 0 Å². The molecule has 0 amide bonds. The van der Waals surface area contributed by atoms with Crippen molar-refractivity contribution in [3.63, 3.8) is 0 Å². The van der Waals surface area contributed by atoms with E-state index in [0.29, 0.717) is 17.6 Å². The third-order valence-electron chi connectivity index (χ3n) is 4.98. The minimum Gasteiger partial charge on any atom is -0.299 e. The third-order valence-corrected chi connectivity index (χ3v) is 5.74. The van der Waals surface area contributed by atoms with Crippen molar-refractivity contribution in [3.8, 4) is 0 Å². The van der Waals surface area contributed by atoms with E-state index >= 15 is 0 Å². The predicted molar refractivity (Wildman–Crippen MR) is 61.0 cm³/mol. The zero-order valence-electron chi connectivity index (χ0n) is 9.18. The highest BCUT2D eigenvalue weighted by atomic mass is 35.5. The number of rotatable bonds is 0. The summed E-state index contributed by atoms with van der Waals surface area (Å²) in [6.07, 6.45) is 9.43. The van der Waals surface area contributed by atoms with Gasteiger partial charge in [-0.15, -0.1) is 11.6 Å². The van der Waals surface area contributed by atoms with Gasteiger partial charge < -0.3 is 0 Å². The van der Waals surface area contributed by atoms with E-state index in [1.165, 1.54) is 25.7 Å². The second-order valence-corrected chi connectivity index (χ2v) is 6.39. The molecule has 2 heteroatoms. The number of hydrogen-bond donors (Lipinski definition) is 0. The second-order valence-electron chi connectivity index (χ2n) is 5.69. The largest absolute Gasteiger partial charge is 0.299 e. The average Bonchev–Trinajstić information content (AvgIpc) is 2.21. The van der Waals surface area contributed by atoms with Crippen LogP contribution in [0.15, 0.2) is 0 Å². The lowest BCUT2D eigenvalue weighted by Crippen LogP contribution is -2.54. The molecule has 0 spiro atoms. The SMILES string of the molecule is O=C1[C@H]2CCC[C@@H]1[C@@]1(Cl)CCCC[C@H]1C2. The molecule has 15 heavy (non-hydrogen) atoms. The molecule has 1 nitrogen and oxygen atoms in total. The lowest BCUT2D eigenvalue weighted by Gasteiger charge is -2.52. The summed E-state index contributed by atoms with van der Waals surface area (Å²) in [4.78, 5) is 12.1. The average molecular weight is 227 g/mol. The van der Waals surface area contributed by atoms with Crippen molar-refractivity contribution in [2.45, 2.75) is 56.2 Å². The lowest BCUT2D eigenvalue weighted by molar-refractivity contribution is -0.136. The van der Waals surface area contributed by atoms with E-state index in [4.69, 9.17) is 11.6 Å². The second kappa shape index (κ2) is 3.48. The normalized spacial score (nSPS) is 49.9. The van der Waals surface area contributed by atoms with Crippen molar-refractivity contribution in [3.05, 3.63) is 0 Å². The van der Waals surface area contributed by atoms with E-state index in [0.717, 1.165) is 25.7 Å². The van der Waals surface area contributed by atoms with Gasteiger partial charge in [-0.2, -0.15) is 0 Å². The molecule has 3 fully saturated rings. The van der Waals surface area contributed by atoms with Gasteiger partial charge in [0, 0.05) is 11.8 Å². The van der Waals surface area contributed by atoms with E-state index in [-0.39, 0.29) is 10.8 Å². The predicted octanol–water partition coefficient (Wildman–Crippen LogP) is 3.54. The first-order chi connectivity index (χ1) is 7.22. The maximum absolute atomic E-state index is 12.2. The molecule has 0 aromatic carbocycles. The molecule has 0 radical (unpaired) electrons. The van der Waals surface area contributed by atoms with Crippen molar-refractivity contribution in [1.29, 1.82) is 0 Å². The number of Topliss-reactive ketones (excluding diaryl/α,β-unsaturated/α-hetero) is 1. The lowest BCUT2D eigenvalue weighted by atomic mass is 9.57. The number of carbonyl (C=O) groups is 1. The number of halogens is 1. The Morgan fingerprint density at radius 1 is 1.13 bits per heavy atom. The summed E-state index contributed by atoms with van der Waals surface area (Å²) >= 11 is 6.82. The van der Waals surface area contributed by atoms with E-state index < -0.39 is 0 Å². The van der Waals surface area contributed by atoms with Crippen LogP contribution in [0.25, 0.3) is 0 Å². The zero-order chi connectivity index (χ0) is 10.5. The Bertz CT molecular complexity index is 288. The molecule has 84 valence electrons. The number of fused-ring (bicyclic) bond motifs is 4. The smallest absolute Gasteiger partial charge is 0.140 e. The van der Waals surface area contributed by atoms with Crippen molar-refractivity contribution >= 4 is 17.4 Å². The summed E-state index contributed by atoms with van der Waals surface area (Å²) in [6.45, 7) is 0. The number of ketones is 1. The molecule has 0 unspecified atom stereocenters. The molecule has 0 saturated heterocycles. The molecular weight excluding hydrogens is 208 g/mol. The number of carbonyl (C=O) groups excluding carboxylic acids is 1. The van der Waals surface area contributed by atoms with Crippen LogP contribution in [-0.4, -0.2) is 10.7 Å².